The van der Waals surface area contributed by atoms with Gasteiger partial charge in [-0.2, -0.15) is 0 Å². The second-order valence-electron chi connectivity index (χ2n) is 5.19. The summed E-state index contributed by atoms with van der Waals surface area (Å²) in [6, 6.07) is 4.29. The third-order valence-electron chi connectivity index (χ3n) is 3.73. The Morgan fingerprint density at radius 1 is 1.25 bits per heavy atom. The maximum absolute atomic E-state index is 12.4. The summed E-state index contributed by atoms with van der Waals surface area (Å²) in [5.74, 6) is -1.11. The van der Waals surface area contributed by atoms with E-state index in [1.807, 2.05) is 0 Å². The van der Waals surface area contributed by atoms with Crippen LogP contribution in [0.1, 0.15) is 48.0 Å². The Bertz CT molecular complexity index is 604. The molecule has 0 unspecified atom stereocenters. The summed E-state index contributed by atoms with van der Waals surface area (Å²) in [6.45, 7) is 1.53. The fourth-order valence-corrected chi connectivity index (χ4v) is 4.21. The van der Waals surface area contributed by atoms with Gasteiger partial charge < -0.3 is 5.11 Å². The first kappa shape index (κ1) is 15.0. The number of carbonyl (C=O) groups is 1. The summed E-state index contributed by atoms with van der Waals surface area (Å²) < 4.78 is 27.5. The zero-order chi connectivity index (χ0) is 14.8. The monoisotopic (exact) mass is 297 g/mol. The van der Waals surface area contributed by atoms with Gasteiger partial charge in [-0.3, -0.25) is 0 Å². The Hall–Kier alpha value is -1.40. The number of rotatable bonds is 4. The Morgan fingerprint density at radius 3 is 2.50 bits per heavy atom. The SMILES string of the molecule is Cc1c(C(=O)O)cccc1S(=O)(=O)NC1CCCCC1. The minimum Gasteiger partial charge on any atom is -0.478 e. The molecule has 1 aromatic carbocycles. The molecule has 0 bridgehead atoms. The quantitative estimate of drug-likeness (QED) is 0.893. The van der Waals surface area contributed by atoms with Crippen LogP contribution in [0.15, 0.2) is 23.1 Å². The van der Waals surface area contributed by atoms with E-state index >= 15 is 0 Å². The van der Waals surface area contributed by atoms with Crippen molar-refractivity contribution in [2.24, 2.45) is 0 Å². The van der Waals surface area contributed by atoms with E-state index in [0.717, 1.165) is 32.1 Å². The van der Waals surface area contributed by atoms with Gasteiger partial charge in [0.05, 0.1) is 10.5 Å². The largest absolute Gasteiger partial charge is 0.478 e. The van der Waals surface area contributed by atoms with E-state index in [9.17, 15) is 13.2 Å². The maximum atomic E-state index is 12.4. The van der Waals surface area contributed by atoms with E-state index in [0.29, 0.717) is 0 Å². The van der Waals surface area contributed by atoms with Crippen molar-refractivity contribution >= 4 is 16.0 Å². The van der Waals surface area contributed by atoms with Crippen molar-refractivity contribution in [2.75, 3.05) is 0 Å². The predicted molar refractivity (Wildman–Crippen MR) is 75.3 cm³/mol. The third kappa shape index (κ3) is 3.19. The van der Waals surface area contributed by atoms with Crippen LogP contribution in [0.2, 0.25) is 0 Å². The van der Waals surface area contributed by atoms with Crippen LogP contribution in [0, 0.1) is 6.92 Å². The lowest BCUT2D eigenvalue weighted by Crippen LogP contribution is -2.36. The van der Waals surface area contributed by atoms with Crippen LogP contribution >= 0.6 is 0 Å². The maximum Gasteiger partial charge on any atom is 0.335 e. The molecule has 1 fully saturated rings. The number of hydrogen-bond donors (Lipinski definition) is 2. The predicted octanol–water partition coefficient (Wildman–Crippen LogP) is 2.30. The van der Waals surface area contributed by atoms with Crippen LogP contribution in [-0.2, 0) is 10.0 Å². The van der Waals surface area contributed by atoms with E-state index < -0.39 is 16.0 Å². The molecular formula is C14H19NO4S. The van der Waals surface area contributed by atoms with E-state index in [2.05, 4.69) is 4.72 Å². The number of carboxylic acids is 1. The molecule has 6 heteroatoms. The van der Waals surface area contributed by atoms with Gasteiger partial charge in [-0.05, 0) is 37.5 Å². The zero-order valence-corrected chi connectivity index (χ0v) is 12.2. The van der Waals surface area contributed by atoms with Crippen LogP contribution in [-0.4, -0.2) is 25.5 Å². The summed E-state index contributed by atoms with van der Waals surface area (Å²) in [6.07, 6.45) is 4.89. The average Bonchev–Trinajstić information content (AvgIpc) is 2.39. The van der Waals surface area contributed by atoms with E-state index in [1.165, 1.54) is 25.1 Å². The van der Waals surface area contributed by atoms with Crippen molar-refractivity contribution in [2.45, 2.75) is 50.0 Å². The van der Waals surface area contributed by atoms with Crippen molar-refractivity contribution in [1.82, 2.24) is 4.72 Å². The molecule has 0 atom stereocenters. The van der Waals surface area contributed by atoms with Crippen molar-refractivity contribution in [3.63, 3.8) is 0 Å². The van der Waals surface area contributed by atoms with Crippen LogP contribution in [0.5, 0.6) is 0 Å². The second-order valence-corrected chi connectivity index (χ2v) is 6.87. The molecule has 1 aliphatic carbocycles. The molecule has 110 valence electrons. The average molecular weight is 297 g/mol. The minimum atomic E-state index is -3.66. The number of sulfonamides is 1. The number of aromatic carboxylic acids is 1. The van der Waals surface area contributed by atoms with Crippen molar-refractivity contribution < 1.29 is 18.3 Å². The minimum absolute atomic E-state index is 0.0246. The van der Waals surface area contributed by atoms with Crippen LogP contribution in [0.3, 0.4) is 0 Å². The molecular weight excluding hydrogens is 278 g/mol. The molecule has 20 heavy (non-hydrogen) atoms. The standard InChI is InChI=1S/C14H19NO4S/c1-10-12(14(16)17)8-5-9-13(10)20(18,19)15-11-6-3-2-4-7-11/h5,8-9,11,15H,2-4,6-7H2,1H3,(H,16,17). The lowest BCUT2D eigenvalue weighted by Gasteiger charge is -2.23. The first-order chi connectivity index (χ1) is 9.42. The van der Waals surface area contributed by atoms with Gasteiger partial charge in [-0.25, -0.2) is 17.9 Å². The topological polar surface area (TPSA) is 83.5 Å². The first-order valence-electron chi connectivity index (χ1n) is 6.77. The lowest BCUT2D eigenvalue weighted by atomic mass is 9.96. The van der Waals surface area contributed by atoms with Gasteiger partial charge in [0.2, 0.25) is 10.0 Å². The van der Waals surface area contributed by atoms with Gasteiger partial charge in [0.1, 0.15) is 0 Å². The van der Waals surface area contributed by atoms with Gasteiger partial charge in [-0.15, -0.1) is 0 Å². The Morgan fingerprint density at radius 2 is 1.90 bits per heavy atom. The molecule has 1 saturated carbocycles. The van der Waals surface area contributed by atoms with Crippen LogP contribution in [0.4, 0.5) is 0 Å². The summed E-state index contributed by atoms with van der Waals surface area (Å²) in [4.78, 5) is 11.1. The molecule has 0 saturated heterocycles. The molecule has 0 amide bonds. The van der Waals surface area contributed by atoms with Crippen molar-refractivity contribution in [1.29, 1.82) is 0 Å². The molecule has 2 rings (SSSR count). The second kappa shape index (κ2) is 5.93. The lowest BCUT2D eigenvalue weighted by molar-refractivity contribution is 0.0696. The van der Waals surface area contributed by atoms with E-state index in [4.69, 9.17) is 5.11 Å². The van der Waals surface area contributed by atoms with Crippen molar-refractivity contribution in [3.8, 4) is 0 Å². The Labute approximate surface area is 119 Å². The highest BCUT2D eigenvalue weighted by molar-refractivity contribution is 7.89. The fourth-order valence-electron chi connectivity index (χ4n) is 2.64. The highest BCUT2D eigenvalue weighted by Crippen LogP contribution is 2.23. The summed E-state index contributed by atoms with van der Waals surface area (Å²) in [5.41, 5.74) is 0.305. The van der Waals surface area contributed by atoms with E-state index in [-0.39, 0.29) is 22.1 Å². The Kier molecular flexibility index (Phi) is 4.45. The molecule has 0 radical (unpaired) electrons. The molecule has 1 aliphatic rings. The fraction of sp³-hybridized carbons (Fsp3) is 0.500. The molecule has 2 N–H and O–H groups in total. The molecule has 0 spiro atoms. The Balaban J connectivity index is 2.29. The number of hydrogen-bond acceptors (Lipinski definition) is 3. The van der Waals surface area contributed by atoms with Crippen LogP contribution < -0.4 is 4.72 Å². The summed E-state index contributed by atoms with van der Waals surface area (Å²) >= 11 is 0. The number of carboxylic acid groups (broad SMARTS) is 1. The number of benzene rings is 1. The van der Waals surface area contributed by atoms with Gasteiger partial charge in [-0.1, -0.05) is 25.3 Å². The molecule has 1 aromatic rings. The van der Waals surface area contributed by atoms with Gasteiger partial charge in [0.15, 0.2) is 0 Å². The zero-order valence-electron chi connectivity index (χ0n) is 11.4. The molecule has 5 nitrogen and oxygen atoms in total. The third-order valence-corrected chi connectivity index (χ3v) is 5.40. The highest BCUT2D eigenvalue weighted by Gasteiger charge is 2.24. The van der Waals surface area contributed by atoms with Gasteiger partial charge >= 0.3 is 5.97 Å². The normalized spacial score (nSPS) is 17.1. The molecule has 0 heterocycles. The van der Waals surface area contributed by atoms with Gasteiger partial charge in [0.25, 0.3) is 0 Å². The molecule has 0 aliphatic heterocycles. The molecule has 0 aromatic heterocycles. The van der Waals surface area contributed by atoms with Crippen LogP contribution in [0.25, 0.3) is 0 Å². The number of nitrogens with one attached hydrogen (secondary N) is 1. The smallest absolute Gasteiger partial charge is 0.335 e. The highest BCUT2D eigenvalue weighted by atomic mass is 32.2. The van der Waals surface area contributed by atoms with Gasteiger partial charge in [0, 0.05) is 6.04 Å². The summed E-state index contributed by atoms with van der Waals surface area (Å²) in [7, 11) is -3.66. The van der Waals surface area contributed by atoms with Crippen molar-refractivity contribution in [3.05, 3.63) is 29.3 Å². The summed E-state index contributed by atoms with van der Waals surface area (Å²) in [5, 5.41) is 9.06. The first-order valence-corrected chi connectivity index (χ1v) is 8.25. The van der Waals surface area contributed by atoms with E-state index in [1.54, 1.807) is 0 Å².